The lowest BCUT2D eigenvalue weighted by Crippen LogP contribution is -2.35. The summed E-state index contributed by atoms with van der Waals surface area (Å²) in [5.74, 6) is -0.0181. The summed E-state index contributed by atoms with van der Waals surface area (Å²) in [6, 6.07) is 5.36. The average Bonchev–Trinajstić information content (AvgIpc) is 2.43. The molecular formula is C13H16N4O. The zero-order valence-corrected chi connectivity index (χ0v) is 10.3. The highest BCUT2D eigenvalue weighted by Crippen LogP contribution is 2.12. The number of rotatable bonds is 4. The standard InChI is InChI=1S/C13H16N4O/c1-2-17(8-5-14)13(18)10-3-4-11-12(9-10)16-7-6-15-11/h3-4,6-7,9H,2,5,8,14H2,1H3. The van der Waals surface area contributed by atoms with Crippen molar-refractivity contribution in [2.24, 2.45) is 5.73 Å². The van der Waals surface area contributed by atoms with Crippen LogP contribution in [0, 0.1) is 0 Å². The van der Waals surface area contributed by atoms with E-state index in [1.165, 1.54) is 0 Å². The van der Waals surface area contributed by atoms with Crippen molar-refractivity contribution in [3.63, 3.8) is 0 Å². The Bertz CT molecular complexity index is 555. The normalized spacial score (nSPS) is 10.6. The van der Waals surface area contributed by atoms with Crippen LogP contribution in [-0.2, 0) is 0 Å². The first kappa shape index (κ1) is 12.4. The summed E-state index contributed by atoms with van der Waals surface area (Å²) >= 11 is 0. The third-order valence-electron chi connectivity index (χ3n) is 2.78. The van der Waals surface area contributed by atoms with Crippen LogP contribution < -0.4 is 5.73 Å². The molecule has 0 unspecified atom stereocenters. The Morgan fingerprint density at radius 3 is 2.67 bits per heavy atom. The molecule has 0 bridgehead atoms. The number of carbonyl (C=O) groups is 1. The SMILES string of the molecule is CCN(CCN)C(=O)c1ccc2nccnc2c1. The predicted molar refractivity (Wildman–Crippen MR) is 70.2 cm³/mol. The van der Waals surface area contributed by atoms with Crippen LogP contribution in [0.15, 0.2) is 30.6 Å². The van der Waals surface area contributed by atoms with Gasteiger partial charge < -0.3 is 10.6 Å². The van der Waals surface area contributed by atoms with Gasteiger partial charge in [0.15, 0.2) is 0 Å². The summed E-state index contributed by atoms with van der Waals surface area (Å²) < 4.78 is 0. The first-order valence-electron chi connectivity index (χ1n) is 5.96. The molecule has 1 heterocycles. The first-order chi connectivity index (χ1) is 8.76. The van der Waals surface area contributed by atoms with Crippen LogP contribution in [0.3, 0.4) is 0 Å². The van der Waals surface area contributed by atoms with Gasteiger partial charge in [0, 0.05) is 37.6 Å². The fourth-order valence-electron chi connectivity index (χ4n) is 1.84. The maximum Gasteiger partial charge on any atom is 0.253 e. The van der Waals surface area contributed by atoms with Crippen molar-refractivity contribution in [2.45, 2.75) is 6.92 Å². The minimum atomic E-state index is -0.0181. The van der Waals surface area contributed by atoms with E-state index in [1.807, 2.05) is 13.0 Å². The molecule has 1 aromatic carbocycles. The molecular weight excluding hydrogens is 228 g/mol. The van der Waals surface area contributed by atoms with E-state index in [1.54, 1.807) is 29.4 Å². The number of hydrogen-bond donors (Lipinski definition) is 1. The van der Waals surface area contributed by atoms with Gasteiger partial charge >= 0.3 is 0 Å². The van der Waals surface area contributed by atoms with E-state index >= 15 is 0 Å². The van der Waals surface area contributed by atoms with Crippen LogP contribution >= 0.6 is 0 Å². The first-order valence-corrected chi connectivity index (χ1v) is 5.96. The third-order valence-corrected chi connectivity index (χ3v) is 2.78. The number of fused-ring (bicyclic) bond motifs is 1. The van der Waals surface area contributed by atoms with Gasteiger partial charge in [-0.2, -0.15) is 0 Å². The quantitative estimate of drug-likeness (QED) is 0.872. The van der Waals surface area contributed by atoms with Gasteiger partial charge in [0.2, 0.25) is 0 Å². The van der Waals surface area contributed by atoms with E-state index in [0.717, 1.165) is 11.0 Å². The van der Waals surface area contributed by atoms with E-state index in [2.05, 4.69) is 9.97 Å². The zero-order chi connectivity index (χ0) is 13.0. The highest BCUT2D eigenvalue weighted by atomic mass is 16.2. The second kappa shape index (κ2) is 5.55. The molecule has 5 heteroatoms. The van der Waals surface area contributed by atoms with E-state index in [4.69, 9.17) is 5.73 Å². The average molecular weight is 244 g/mol. The van der Waals surface area contributed by atoms with Crippen LogP contribution in [0.25, 0.3) is 11.0 Å². The van der Waals surface area contributed by atoms with Gasteiger partial charge in [0.25, 0.3) is 5.91 Å². The molecule has 1 amide bonds. The van der Waals surface area contributed by atoms with Crippen molar-refractivity contribution in [2.75, 3.05) is 19.6 Å². The minimum absolute atomic E-state index is 0.0181. The molecule has 0 spiro atoms. The smallest absolute Gasteiger partial charge is 0.253 e. The van der Waals surface area contributed by atoms with Gasteiger partial charge in [0.1, 0.15) is 0 Å². The fourth-order valence-corrected chi connectivity index (χ4v) is 1.84. The molecule has 0 aliphatic carbocycles. The van der Waals surface area contributed by atoms with Crippen molar-refractivity contribution in [1.29, 1.82) is 0 Å². The van der Waals surface area contributed by atoms with Crippen molar-refractivity contribution in [3.8, 4) is 0 Å². The largest absolute Gasteiger partial charge is 0.338 e. The molecule has 94 valence electrons. The molecule has 0 atom stereocenters. The number of aromatic nitrogens is 2. The molecule has 0 saturated carbocycles. The van der Waals surface area contributed by atoms with Gasteiger partial charge in [-0.15, -0.1) is 0 Å². The van der Waals surface area contributed by atoms with Gasteiger partial charge in [-0.3, -0.25) is 14.8 Å². The Morgan fingerprint density at radius 1 is 1.28 bits per heavy atom. The van der Waals surface area contributed by atoms with E-state index in [-0.39, 0.29) is 5.91 Å². The molecule has 2 rings (SSSR count). The number of benzene rings is 1. The lowest BCUT2D eigenvalue weighted by Gasteiger charge is -2.19. The summed E-state index contributed by atoms with van der Waals surface area (Å²) in [4.78, 5) is 22.3. The van der Waals surface area contributed by atoms with Crippen LogP contribution in [0.4, 0.5) is 0 Å². The monoisotopic (exact) mass is 244 g/mol. The molecule has 0 saturated heterocycles. The highest BCUT2D eigenvalue weighted by molar-refractivity contribution is 5.97. The minimum Gasteiger partial charge on any atom is -0.338 e. The summed E-state index contributed by atoms with van der Waals surface area (Å²) in [5, 5.41) is 0. The van der Waals surface area contributed by atoms with E-state index in [0.29, 0.717) is 25.2 Å². The summed E-state index contributed by atoms with van der Waals surface area (Å²) in [6.45, 7) is 3.61. The number of nitrogens with two attached hydrogens (primary N) is 1. The summed E-state index contributed by atoms with van der Waals surface area (Å²) in [5.41, 5.74) is 7.64. The Hall–Kier alpha value is -2.01. The van der Waals surface area contributed by atoms with Crippen LogP contribution in [0.5, 0.6) is 0 Å². The lowest BCUT2D eigenvalue weighted by atomic mass is 10.1. The molecule has 0 radical (unpaired) electrons. The number of hydrogen-bond acceptors (Lipinski definition) is 4. The van der Waals surface area contributed by atoms with Crippen LogP contribution in [0.2, 0.25) is 0 Å². The van der Waals surface area contributed by atoms with Gasteiger partial charge in [-0.25, -0.2) is 0 Å². The van der Waals surface area contributed by atoms with Gasteiger partial charge in [0.05, 0.1) is 11.0 Å². The molecule has 0 aliphatic heterocycles. The summed E-state index contributed by atoms with van der Waals surface area (Å²) in [6.07, 6.45) is 3.25. The maximum atomic E-state index is 12.2. The number of amides is 1. The van der Waals surface area contributed by atoms with Crippen LogP contribution in [-0.4, -0.2) is 40.4 Å². The molecule has 2 N–H and O–H groups in total. The number of nitrogens with zero attached hydrogens (tertiary/aromatic N) is 3. The summed E-state index contributed by atoms with van der Waals surface area (Å²) in [7, 11) is 0. The Balaban J connectivity index is 2.32. The lowest BCUT2D eigenvalue weighted by molar-refractivity contribution is 0.0769. The molecule has 5 nitrogen and oxygen atoms in total. The van der Waals surface area contributed by atoms with Gasteiger partial charge in [-0.1, -0.05) is 0 Å². The van der Waals surface area contributed by atoms with E-state index < -0.39 is 0 Å². The molecule has 0 fully saturated rings. The second-order valence-corrected chi connectivity index (χ2v) is 3.93. The van der Waals surface area contributed by atoms with Crippen LogP contribution in [0.1, 0.15) is 17.3 Å². The fraction of sp³-hybridized carbons (Fsp3) is 0.308. The van der Waals surface area contributed by atoms with E-state index in [9.17, 15) is 4.79 Å². The van der Waals surface area contributed by atoms with Crippen molar-refractivity contribution < 1.29 is 4.79 Å². The topological polar surface area (TPSA) is 72.1 Å². The molecule has 2 aromatic rings. The number of likely N-dealkylation sites (N-methyl/N-ethyl adjacent to an activating group) is 1. The maximum absolute atomic E-state index is 12.2. The Labute approximate surface area is 106 Å². The second-order valence-electron chi connectivity index (χ2n) is 3.93. The van der Waals surface area contributed by atoms with Crippen molar-refractivity contribution in [3.05, 3.63) is 36.2 Å². The van der Waals surface area contributed by atoms with Gasteiger partial charge in [-0.05, 0) is 25.1 Å². The molecule has 0 aliphatic rings. The number of carbonyl (C=O) groups excluding carboxylic acids is 1. The predicted octanol–water partition coefficient (Wildman–Crippen LogP) is 1.05. The molecule has 1 aromatic heterocycles. The van der Waals surface area contributed by atoms with Crippen molar-refractivity contribution in [1.82, 2.24) is 14.9 Å². The third kappa shape index (κ3) is 2.46. The Kier molecular flexibility index (Phi) is 3.84. The Morgan fingerprint density at radius 2 is 2.00 bits per heavy atom. The highest BCUT2D eigenvalue weighted by Gasteiger charge is 2.13. The molecule has 18 heavy (non-hydrogen) atoms. The van der Waals surface area contributed by atoms with Crippen molar-refractivity contribution >= 4 is 16.9 Å². The zero-order valence-electron chi connectivity index (χ0n) is 10.3.